The predicted molar refractivity (Wildman–Crippen MR) is 75.4 cm³/mol. The van der Waals surface area contributed by atoms with Crippen molar-refractivity contribution < 1.29 is 13.2 Å². The van der Waals surface area contributed by atoms with Crippen LogP contribution < -0.4 is 9.46 Å². The summed E-state index contributed by atoms with van der Waals surface area (Å²) in [5.41, 5.74) is 0. The minimum absolute atomic E-state index is 0.242. The number of ether oxygens (including phenoxy) is 1. The topological polar surface area (TPSA) is 55.4 Å². The largest absolute Gasteiger partial charge is 0.496 e. The molecule has 0 saturated heterocycles. The molecule has 0 unspecified atom stereocenters. The number of benzene rings is 1. The van der Waals surface area contributed by atoms with Crippen LogP contribution in [0.2, 0.25) is 0 Å². The Morgan fingerprint density at radius 2 is 2.06 bits per heavy atom. The van der Waals surface area contributed by atoms with E-state index in [0.29, 0.717) is 16.8 Å². The quantitative estimate of drug-likeness (QED) is 0.779. The molecule has 0 aliphatic carbocycles. The number of rotatable bonds is 7. The first-order valence-corrected chi connectivity index (χ1v) is 8.12. The van der Waals surface area contributed by atoms with Crippen LogP contribution >= 0.6 is 15.9 Å². The predicted octanol–water partition coefficient (Wildman–Crippen LogP) is 2.93. The Morgan fingerprint density at radius 3 is 2.61 bits per heavy atom. The number of nitrogens with one attached hydrogen (secondary N) is 1. The van der Waals surface area contributed by atoms with Gasteiger partial charge in [0.1, 0.15) is 5.75 Å². The van der Waals surface area contributed by atoms with Gasteiger partial charge in [0.05, 0.1) is 16.5 Å². The Bertz CT molecular complexity index is 488. The Kier molecular flexibility index (Phi) is 6.11. The second kappa shape index (κ2) is 7.11. The second-order valence-electron chi connectivity index (χ2n) is 3.90. The SMILES string of the molecule is CCCCCNS(=O)(=O)c1ccc(OC)c(Br)c1. The third-order valence-corrected chi connectivity index (χ3v) is 4.58. The van der Waals surface area contributed by atoms with Gasteiger partial charge in [-0.15, -0.1) is 0 Å². The summed E-state index contributed by atoms with van der Waals surface area (Å²) in [6, 6.07) is 4.71. The van der Waals surface area contributed by atoms with Gasteiger partial charge in [0.25, 0.3) is 0 Å². The molecule has 0 aliphatic rings. The highest BCUT2D eigenvalue weighted by Crippen LogP contribution is 2.27. The average molecular weight is 336 g/mol. The molecule has 6 heteroatoms. The van der Waals surface area contributed by atoms with Gasteiger partial charge < -0.3 is 4.74 Å². The lowest BCUT2D eigenvalue weighted by molar-refractivity contribution is 0.411. The first-order valence-electron chi connectivity index (χ1n) is 5.84. The minimum atomic E-state index is -3.42. The lowest BCUT2D eigenvalue weighted by Gasteiger charge is -2.08. The number of sulfonamides is 1. The molecule has 0 radical (unpaired) electrons. The standard InChI is InChI=1S/C12H18BrNO3S/c1-3-4-5-8-14-18(15,16)10-6-7-12(17-2)11(13)9-10/h6-7,9,14H,3-5,8H2,1-2H3. The molecule has 0 fully saturated rings. The number of unbranched alkanes of at least 4 members (excludes halogenated alkanes) is 2. The summed E-state index contributed by atoms with van der Waals surface area (Å²) in [7, 11) is -1.88. The molecule has 1 aromatic rings. The van der Waals surface area contributed by atoms with Gasteiger partial charge in [-0.1, -0.05) is 19.8 Å². The molecular formula is C12H18BrNO3S. The van der Waals surface area contributed by atoms with Gasteiger partial charge in [0.2, 0.25) is 10.0 Å². The first-order chi connectivity index (χ1) is 8.51. The van der Waals surface area contributed by atoms with E-state index in [0.717, 1.165) is 19.3 Å². The van der Waals surface area contributed by atoms with E-state index in [2.05, 4.69) is 27.6 Å². The normalized spacial score (nSPS) is 11.5. The lowest BCUT2D eigenvalue weighted by Crippen LogP contribution is -2.24. The van der Waals surface area contributed by atoms with E-state index < -0.39 is 10.0 Å². The molecule has 0 amide bonds. The van der Waals surface area contributed by atoms with E-state index in [4.69, 9.17) is 4.74 Å². The smallest absolute Gasteiger partial charge is 0.240 e. The molecule has 0 aromatic heterocycles. The van der Waals surface area contributed by atoms with Crippen LogP contribution in [0.4, 0.5) is 0 Å². The van der Waals surface area contributed by atoms with Crippen molar-refractivity contribution in [2.45, 2.75) is 31.1 Å². The van der Waals surface area contributed by atoms with Crippen LogP contribution in [0.1, 0.15) is 26.2 Å². The lowest BCUT2D eigenvalue weighted by atomic mass is 10.3. The van der Waals surface area contributed by atoms with Gasteiger partial charge in [0, 0.05) is 6.54 Å². The molecule has 0 aliphatic heterocycles. The molecule has 0 heterocycles. The molecule has 102 valence electrons. The summed E-state index contributed by atoms with van der Waals surface area (Å²) in [4.78, 5) is 0.242. The highest BCUT2D eigenvalue weighted by atomic mass is 79.9. The fourth-order valence-corrected chi connectivity index (χ4v) is 3.27. The highest BCUT2D eigenvalue weighted by molar-refractivity contribution is 9.10. The molecule has 4 nitrogen and oxygen atoms in total. The van der Waals surface area contributed by atoms with Gasteiger partial charge in [0.15, 0.2) is 0 Å². The van der Waals surface area contributed by atoms with Gasteiger partial charge in [-0.05, 0) is 40.5 Å². The van der Waals surface area contributed by atoms with Gasteiger partial charge >= 0.3 is 0 Å². The maximum Gasteiger partial charge on any atom is 0.240 e. The number of hydrogen-bond acceptors (Lipinski definition) is 3. The van der Waals surface area contributed by atoms with E-state index in [-0.39, 0.29) is 4.90 Å². The summed E-state index contributed by atoms with van der Waals surface area (Å²) >= 11 is 3.28. The van der Waals surface area contributed by atoms with E-state index in [9.17, 15) is 8.42 Å². The Labute approximate surface area is 117 Å². The third kappa shape index (κ3) is 4.26. The average Bonchev–Trinajstić information content (AvgIpc) is 2.34. The molecule has 0 atom stereocenters. The maximum absolute atomic E-state index is 12.0. The van der Waals surface area contributed by atoms with Crippen molar-refractivity contribution in [1.82, 2.24) is 4.72 Å². The first kappa shape index (κ1) is 15.5. The Morgan fingerprint density at radius 1 is 1.33 bits per heavy atom. The number of halogens is 1. The summed E-state index contributed by atoms with van der Waals surface area (Å²) in [6.07, 6.45) is 2.94. The maximum atomic E-state index is 12.0. The molecule has 1 rings (SSSR count). The molecular weight excluding hydrogens is 318 g/mol. The monoisotopic (exact) mass is 335 g/mol. The summed E-state index contributed by atoms with van der Waals surface area (Å²) in [5.74, 6) is 0.611. The van der Waals surface area contributed by atoms with Gasteiger partial charge in [-0.25, -0.2) is 13.1 Å². The van der Waals surface area contributed by atoms with Crippen LogP contribution in [0.25, 0.3) is 0 Å². The van der Waals surface area contributed by atoms with Crippen LogP contribution in [0.5, 0.6) is 5.75 Å². The number of hydrogen-bond donors (Lipinski definition) is 1. The molecule has 1 aromatic carbocycles. The summed E-state index contributed by atoms with van der Waals surface area (Å²) in [6.45, 7) is 2.55. The molecule has 0 spiro atoms. The van der Waals surface area contributed by atoms with Crippen molar-refractivity contribution in [3.63, 3.8) is 0 Å². The number of methoxy groups -OCH3 is 1. The zero-order valence-corrected chi connectivity index (χ0v) is 13.0. The van der Waals surface area contributed by atoms with E-state index in [1.165, 1.54) is 13.2 Å². The van der Waals surface area contributed by atoms with Crippen LogP contribution in [-0.2, 0) is 10.0 Å². The highest BCUT2D eigenvalue weighted by Gasteiger charge is 2.14. The van der Waals surface area contributed by atoms with Gasteiger partial charge in [-0.3, -0.25) is 0 Å². The van der Waals surface area contributed by atoms with Crippen LogP contribution in [0.3, 0.4) is 0 Å². The third-order valence-electron chi connectivity index (χ3n) is 2.51. The molecule has 1 N–H and O–H groups in total. The van der Waals surface area contributed by atoms with E-state index in [1.807, 2.05) is 0 Å². The summed E-state index contributed by atoms with van der Waals surface area (Å²) < 4.78 is 32.2. The summed E-state index contributed by atoms with van der Waals surface area (Å²) in [5, 5.41) is 0. The van der Waals surface area contributed by atoms with Crippen LogP contribution in [-0.4, -0.2) is 22.1 Å². The second-order valence-corrected chi connectivity index (χ2v) is 6.52. The van der Waals surface area contributed by atoms with Crippen molar-refractivity contribution in [1.29, 1.82) is 0 Å². The van der Waals surface area contributed by atoms with Crippen LogP contribution in [0.15, 0.2) is 27.6 Å². The van der Waals surface area contributed by atoms with E-state index >= 15 is 0 Å². The van der Waals surface area contributed by atoms with Crippen molar-refractivity contribution in [3.05, 3.63) is 22.7 Å². The van der Waals surface area contributed by atoms with E-state index in [1.54, 1.807) is 12.1 Å². The van der Waals surface area contributed by atoms with Crippen molar-refractivity contribution >= 4 is 26.0 Å². The fraction of sp³-hybridized carbons (Fsp3) is 0.500. The Balaban J connectivity index is 2.76. The van der Waals surface area contributed by atoms with Gasteiger partial charge in [-0.2, -0.15) is 0 Å². The molecule has 0 saturated carbocycles. The van der Waals surface area contributed by atoms with Crippen molar-refractivity contribution in [2.24, 2.45) is 0 Å². The van der Waals surface area contributed by atoms with Crippen molar-refractivity contribution in [2.75, 3.05) is 13.7 Å². The minimum Gasteiger partial charge on any atom is -0.496 e. The van der Waals surface area contributed by atoms with Crippen LogP contribution in [0, 0.1) is 0 Å². The zero-order chi connectivity index (χ0) is 13.6. The zero-order valence-electron chi connectivity index (χ0n) is 10.6. The molecule has 0 bridgehead atoms. The van der Waals surface area contributed by atoms with Crippen molar-refractivity contribution in [3.8, 4) is 5.75 Å². The fourth-order valence-electron chi connectivity index (χ4n) is 1.48. The molecule has 18 heavy (non-hydrogen) atoms. The Hall–Kier alpha value is -0.590.